The second-order valence-corrected chi connectivity index (χ2v) is 6.04. The monoisotopic (exact) mass is 333 g/mol. The molecule has 0 aliphatic carbocycles. The lowest BCUT2D eigenvalue weighted by molar-refractivity contribution is 0.0702. The van der Waals surface area contributed by atoms with Gasteiger partial charge in [0, 0.05) is 45.8 Å². The molecule has 0 radical (unpaired) electrons. The summed E-state index contributed by atoms with van der Waals surface area (Å²) in [6, 6.07) is 10.8. The van der Waals surface area contributed by atoms with Gasteiger partial charge in [-0.15, -0.1) is 0 Å². The van der Waals surface area contributed by atoms with Gasteiger partial charge in [0.25, 0.3) is 0 Å². The normalized spacial score (nSPS) is 18.2. The topological polar surface area (TPSA) is 46.1 Å². The summed E-state index contributed by atoms with van der Waals surface area (Å²) in [6.45, 7) is 7.96. The SMILES string of the molecule is CCNC(=NCCCOCCOC)N1CCC(c2ccccc2)C1. The molecule has 0 amide bonds. The van der Waals surface area contributed by atoms with Crippen LogP contribution in [0.2, 0.25) is 0 Å². The van der Waals surface area contributed by atoms with Crippen LogP contribution in [0.4, 0.5) is 0 Å². The minimum atomic E-state index is 0.604. The fourth-order valence-corrected chi connectivity index (χ4v) is 2.97. The summed E-state index contributed by atoms with van der Waals surface area (Å²) in [7, 11) is 1.69. The van der Waals surface area contributed by atoms with Crippen LogP contribution in [0.3, 0.4) is 0 Å². The van der Waals surface area contributed by atoms with Gasteiger partial charge in [0.1, 0.15) is 0 Å². The lowest BCUT2D eigenvalue weighted by Crippen LogP contribution is -2.40. The molecule has 1 fully saturated rings. The molecule has 1 unspecified atom stereocenters. The van der Waals surface area contributed by atoms with E-state index in [1.807, 2.05) is 0 Å². The Bertz CT molecular complexity index is 479. The highest BCUT2D eigenvalue weighted by molar-refractivity contribution is 5.80. The van der Waals surface area contributed by atoms with Gasteiger partial charge in [-0.1, -0.05) is 30.3 Å². The van der Waals surface area contributed by atoms with Crippen molar-refractivity contribution in [1.29, 1.82) is 0 Å². The highest BCUT2D eigenvalue weighted by Gasteiger charge is 2.25. The van der Waals surface area contributed by atoms with Crippen LogP contribution in [0.1, 0.15) is 31.2 Å². The molecule has 2 rings (SSSR count). The fourth-order valence-electron chi connectivity index (χ4n) is 2.97. The van der Waals surface area contributed by atoms with Crippen molar-refractivity contribution >= 4 is 5.96 Å². The number of guanidine groups is 1. The van der Waals surface area contributed by atoms with E-state index >= 15 is 0 Å². The van der Waals surface area contributed by atoms with Crippen molar-refractivity contribution in [3.63, 3.8) is 0 Å². The van der Waals surface area contributed by atoms with Crippen LogP contribution in [-0.4, -0.2) is 64.0 Å². The number of methoxy groups -OCH3 is 1. The second kappa shape index (κ2) is 11.0. The Kier molecular flexibility index (Phi) is 8.63. The van der Waals surface area contributed by atoms with Gasteiger partial charge >= 0.3 is 0 Å². The molecule has 5 heteroatoms. The molecule has 1 aliphatic heterocycles. The van der Waals surface area contributed by atoms with Crippen molar-refractivity contribution in [3.05, 3.63) is 35.9 Å². The first-order chi connectivity index (χ1) is 11.8. The van der Waals surface area contributed by atoms with Gasteiger partial charge in [-0.3, -0.25) is 4.99 Å². The molecule has 0 aromatic heterocycles. The highest BCUT2D eigenvalue weighted by atomic mass is 16.5. The summed E-state index contributed by atoms with van der Waals surface area (Å²) < 4.78 is 10.5. The number of rotatable bonds is 9. The first kappa shape index (κ1) is 18.7. The van der Waals surface area contributed by atoms with Crippen LogP contribution in [-0.2, 0) is 9.47 Å². The molecule has 134 valence electrons. The van der Waals surface area contributed by atoms with E-state index in [-0.39, 0.29) is 0 Å². The number of hydrogen-bond acceptors (Lipinski definition) is 3. The molecule has 1 heterocycles. The zero-order valence-corrected chi connectivity index (χ0v) is 15.0. The molecule has 5 nitrogen and oxygen atoms in total. The van der Waals surface area contributed by atoms with E-state index in [2.05, 4.69) is 47.5 Å². The number of hydrogen-bond donors (Lipinski definition) is 1. The third kappa shape index (κ3) is 6.13. The number of nitrogens with zero attached hydrogens (tertiary/aromatic N) is 2. The lowest BCUT2D eigenvalue weighted by atomic mass is 9.99. The first-order valence-electron chi connectivity index (χ1n) is 9.00. The number of benzene rings is 1. The van der Waals surface area contributed by atoms with Crippen LogP contribution < -0.4 is 5.32 Å². The largest absolute Gasteiger partial charge is 0.382 e. The van der Waals surface area contributed by atoms with Crippen molar-refractivity contribution in [2.75, 3.05) is 53.1 Å². The molecule has 1 aromatic rings. The Morgan fingerprint density at radius 1 is 1.25 bits per heavy atom. The van der Waals surface area contributed by atoms with Crippen molar-refractivity contribution in [3.8, 4) is 0 Å². The predicted octanol–water partition coefficient (Wildman–Crippen LogP) is 2.49. The average Bonchev–Trinajstić information content (AvgIpc) is 3.11. The number of nitrogens with one attached hydrogen (secondary N) is 1. The van der Waals surface area contributed by atoms with Gasteiger partial charge in [0.15, 0.2) is 5.96 Å². The Labute approximate surface area is 146 Å². The van der Waals surface area contributed by atoms with E-state index in [4.69, 9.17) is 14.5 Å². The lowest BCUT2D eigenvalue weighted by Gasteiger charge is -2.21. The number of aliphatic imine (C=N–C) groups is 1. The molecule has 1 saturated heterocycles. The van der Waals surface area contributed by atoms with Crippen molar-refractivity contribution in [2.24, 2.45) is 4.99 Å². The van der Waals surface area contributed by atoms with E-state index in [1.165, 1.54) is 12.0 Å². The Hall–Kier alpha value is -1.59. The second-order valence-electron chi connectivity index (χ2n) is 6.04. The molecular weight excluding hydrogens is 302 g/mol. The maximum Gasteiger partial charge on any atom is 0.193 e. The molecule has 0 bridgehead atoms. The maximum absolute atomic E-state index is 5.49. The highest BCUT2D eigenvalue weighted by Crippen LogP contribution is 2.26. The van der Waals surface area contributed by atoms with E-state index in [9.17, 15) is 0 Å². The first-order valence-corrected chi connectivity index (χ1v) is 9.00. The third-order valence-electron chi connectivity index (χ3n) is 4.23. The smallest absolute Gasteiger partial charge is 0.193 e. The zero-order valence-electron chi connectivity index (χ0n) is 15.0. The quantitative estimate of drug-likeness (QED) is 0.428. The van der Waals surface area contributed by atoms with E-state index in [0.29, 0.717) is 19.1 Å². The van der Waals surface area contributed by atoms with Gasteiger partial charge in [-0.05, 0) is 25.3 Å². The summed E-state index contributed by atoms with van der Waals surface area (Å²) >= 11 is 0. The zero-order chi connectivity index (χ0) is 17.0. The Balaban J connectivity index is 1.79. The van der Waals surface area contributed by atoms with E-state index in [1.54, 1.807) is 7.11 Å². The summed E-state index contributed by atoms with van der Waals surface area (Å²) in [5, 5.41) is 3.42. The average molecular weight is 333 g/mol. The van der Waals surface area contributed by atoms with Gasteiger partial charge in [0.05, 0.1) is 13.2 Å². The maximum atomic E-state index is 5.49. The molecule has 0 spiro atoms. The summed E-state index contributed by atoms with van der Waals surface area (Å²) in [5.74, 6) is 1.64. The van der Waals surface area contributed by atoms with Crippen molar-refractivity contribution in [1.82, 2.24) is 10.2 Å². The van der Waals surface area contributed by atoms with Crippen LogP contribution in [0.5, 0.6) is 0 Å². The van der Waals surface area contributed by atoms with Gasteiger partial charge < -0.3 is 19.7 Å². The van der Waals surface area contributed by atoms with E-state index < -0.39 is 0 Å². The Morgan fingerprint density at radius 2 is 2.08 bits per heavy atom. The molecule has 24 heavy (non-hydrogen) atoms. The summed E-state index contributed by atoms with van der Waals surface area (Å²) in [4.78, 5) is 7.14. The fraction of sp³-hybridized carbons (Fsp3) is 0.632. The van der Waals surface area contributed by atoms with Crippen LogP contribution in [0.15, 0.2) is 35.3 Å². The minimum Gasteiger partial charge on any atom is -0.382 e. The van der Waals surface area contributed by atoms with E-state index in [0.717, 1.165) is 45.2 Å². The molecular formula is C19H31N3O2. The molecule has 0 saturated carbocycles. The third-order valence-corrected chi connectivity index (χ3v) is 4.23. The molecule has 1 aliphatic rings. The van der Waals surface area contributed by atoms with Gasteiger partial charge in [-0.25, -0.2) is 0 Å². The summed E-state index contributed by atoms with van der Waals surface area (Å²) in [6.07, 6.45) is 2.13. The Morgan fingerprint density at radius 3 is 2.83 bits per heavy atom. The minimum absolute atomic E-state index is 0.604. The van der Waals surface area contributed by atoms with Crippen LogP contribution in [0, 0.1) is 0 Å². The number of likely N-dealkylation sites (tertiary alicyclic amines) is 1. The van der Waals surface area contributed by atoms with Gasteiger partial charge in [0.2, 0.25) is 0 Å². The van der Waals surface area contributed by atoms with Crippen LogP contribution >= 0.6 is 0 Å². The van der Waals surface area contributed by atoms with Crippen LogP contribution in [0.25, 0.3) is 0 Å². The van der Waals surface area contributed by atoms with Gasteiger partial charge in [-0.2, -0.15) is 0 Å². The molecule has 1 aromatic carbocycles. The molecule has 1 N–H and O–H groups in total. The van der Waals surface area contributed by atoms with Crippen molar-refractivity contribution in [2.45, 2.75) is 25.7 Å². The number of ether oxygens (including phenoxy) is 2. The molecule has 1 atom stereocenters. The predicted molar refractivity (Wildman–Crippen MR) is 98.7 cm³/mol. The standard InChI is InChI=1S/C19H31N3O2/c1-3-20-19(21-11-7-13-24-15-14-23-2)22-12-10-18(16-22)17-8-5-4-6-9-17/h4-6,8-9,18H,3,7,10-16H2,1-2H3,(H,20,21). The summed E-state index contributed by atoms with van der Waals surface area (Å²) in [5.41, 5.74) is 1.43. The van der Waals surface area contributed by atoms with Crippen molar-refractivity contribution < 1.29 is 9.47 Å².